The first-order valence-corrected chi connectivity index (χ1v) is 7.36. The second-order valence-corrected chi connectivity index (χ2v) is 5.43. The fraction of sp³-hybridized carbons (Fsp3) is 0.562. The number of nitrogens with zero attached hydrogens (tertiary/aromatic N) is 2. The molecule has 0 aromatic carbocycles. The predicted octanol–water partition coefficient (Wildman–Crippen LogP) is 2.02. The van der Waals surface area contributed by atoms with Gasteiger partial charge >= 0.3 is 0 Å². The molecule has 2 fully saturated rings. The number of hydrogen-bond acceptors (Lipinski definition) is 4. The van der Waals surface area contributed by atoms with Crippen LogP contribution in [-0.2, 0) is 16.0 Å². The maximum Gasteiger partial charge on any atom is 0.0995 e. The van der Waals surface area contributed by atoms with Crippen LogP contribution < -0.4 is 0 Å². The van der Waals surface area contributed by atoms with Crippen LogP contribution in [0.1, 0.15) is 18.5 Å². The molecule has 3 rings (SSSR count). The van der Waals surface area contributed by atoms with Gasteiger partial charge in [-0.15, -0.1) is 6.58 Å². The van der Waals surface area contributed by atoms with Gasteiger partial charge in [0.1, 0.15) is 0 Å². The van der Waals surface area contributed by atoms with E-state index in [9.17, 15) is 0 Å². The summed E-state index contributed by atoms with van der Waals surface area (Å²) in [7, 11) is 0. The van der Waals surface area contributed by atoms with Crippen molar-refractivity contribution >= 4 is 0 Å². The highest BCUT2D eigenvalue weighted by molar-refractivity contribution is 5.05. The van der Waals surface area contributed by atoms with Gasteiger partial charge in [0, 0.05) is 25.3 Å². The van der Waals surface area contributed by atoms with Crippen LogP contribution in [0.25, 0.3) is 0 Å². The Hall–Kier alpha value is -1.23. The van der Waals surface area contributed by atoms with E-state index in [1.54, 1.807) is 0 Å². The lowest BCUT2D eigenvalue weighted by Crippen LogP contribution is -2.43. The molecule has 0 unspecified atom stereocenters. The van der Waals surface area contributed by atoms with E-state index in [1.165, 1.54) is 0 Å². The maximum absolute atomic E-state index is 5.96. The normalized spacial score (nSPS) is 30.1. The number of hydrogen-bond donors (Lipinski definition) is 0. The molecule has 0 amide bonds. The molecule has 1 aromatic rings. The molecule has 2 heterocycles. The lowest BCUT2D eigenvalue weighted by atomic mass is 10.1. The number of ether oxygens (including phenoxy) is 2. The van der Waals surface area contributed by atoms with Crippen LogP contribution in [0.3, 0.4) is 0 Å². The Kier molecular flexibility index (Phi) is 4.45. The summed E-state index contributed by atoms with van der Waals surface area (Å²) in [4.78, 5) is 6.89. The molecule has 0 N–H and O–H groups in total. The molecular formula is C16H22N2O2. The molecule has 0 radical (unpaired) electrons. The molecule has 108 valence electrons. The third kappa shape index (κ3) is 2.92. The zero-order valence-electron chi connectivity index (χ0n) is 11.8. The van der Waals surface area contributed by atoms with Crippen molar-refractivity contribution in [3.8, 4) is 0 Å². The van der Waals surface area contributed by atoms with Crippen LogP contribution in [0.5, 0.6) is 0 Å². The molecule has 1 aliphatic carbocycles. The molecule has 0 spiro atoms. The van der Waals surface area contributed by atoms with Gasteiger partial charge in [0.15, 0.2) is 0 Å². The summed E-state index contributed by atoms with van der Waals surface area (Å²) < 4.78 is 11.9. The van der Waals surface area contributed by atoms with Gasteiger partial charge in [-0.25, -0.2) is 0 Å². The standard InChI is InChI=1S/C16H22N2O2/c1-2-10-20-16-14-6-7-15(16)19-11-9-18(14)12-13-5-3-4-8-17-13/h2-5,8,14-16H,1,6-7,9-12H2/t14-,15-,16+/m1/s1. The smallest absolute Gasteiger partial charge is 0.0995 e. The summed E-state index contributed by atoms with van der Waals surface area (Å²) in [6.07, 6.45) is 6.30. The molecule has 4 heteroatoms. The van der Waals surface area contributed by atoms with Gasteiger partial charge in [-0.2, -0.15) is 0 Å². The molecule has 1 aliphatic heterocycles. The van der Waals surface area contributed by atoms with E-state index in [4.69, 9.17) is 9.47 Å². The van der Waals surface area contributed by atoms with Gasteiger partial charge < -0.3 is 9.47 Å². The first-order valence-electron chi connectivity index (χ1n) is 7.36. The summed E-state index contributed by atoms with van der Waals surface area (Å²) in [6, 6.07) is 6.51. The Morgan fingerprint density at radius 2 is 2.40 bits per heavy atom. The molecule has 1 saturated carbocycles. The van der Waals surface area contributed by atoms with Crippen molar-refractivity contribution in [2.75, 3.05) is 19.8 Å². The topological polar surface area (TPSA) is 34.6 Å². The van der Waals surface area contributed by atoms with Gasteiger partial charge in [0.25, 0.3) is 0 Å². The van der Waals surface area contributed by atoms with E-state index in [2.05, 4.69) is 22.5 Å². The van der Waals surface area contributed by atoms with E-state index in [0.29, 0.717) is 12.6 Å². The highest BCUT2D eigenvalue weighted by Gasteiger charge is 2.42. The largest absolute Gasteiger partial charge is 0.374 e. The molecule has 4 nitrogen and oxygen atoms in total. The molecule has 1 saturated heterocycles. The van der Waals surface area contributed by atoms with Crippen LogP contribution in [0.4, 0.5) is 0 Å². The van der Waals surface area contributed by atoms with Crippen molar-refractivity contribution < 1.29 is 9.47 Å². The highest BCUT2D eigenvalue weighted by Crippen LogP contribution is 2.32. The van der Waals surface area contributed by atoms with Crippen LogP contribution in [0.2, 0.25) is 0 Å². The van der Waals surface area contributed by atoms with Crippen LogP contribution >= 0.6 is 0 Å². The van der Waals surface area contributed by atoms with E-state index in [-0.39, 0.29) is 12.2 Å². The Labute approximate surface area is 120 Å². The minimum absolute atomic E-state index is 0.166. The minimum Gasteiger partial charge on any atom is -0.374 e. The summed E-state index contributed by atoms with van der Waals surface area (Å²) in [5.74, 6) is 0. The highest BCUT2D eigenvalue weighted by atomic mass is 16.5. The zero-order chi connectivity index (χ0) is 13.8. The van der Waals surface area contributed by atoms with Crippen molar-refractivity contribution in [3.63, 3.8) is 0 Å². The molecule has 3 atom stereocenters. The minimum atomic E-state index is 0.166. The molecule has 2 aliphatic rings. The van der Waals surface area contributed by atoms with Crippen molar-refractivity contribution in [2.24, 2.45) is 0 Å². The Balaban J connectivity index is 1.71. The van der Waals surface area contributed by atoms with E-state index in [1.807, 2.05) is 24.4 Å². The summed E-state index contributed by atoms with van der Waals surface area (Å²) >= 11 is 0. The molecule has 20 heavy (non-hydrogen) atoms. The summed E-state index contributed by atoms with van der Waals surface area (Å²) in [5, 5.41) is 0. The fourth-order valence-corrected chi connectivity index (χ4v) is 3.26. The second kappa shape index (κ2) is 6.48. The van der Waals surface area contributed by atoms with Crippen LogP contribution in [0, 0.1) is 0 Å². The molecular weight excluding hydrogens is 252 g/mol. The fourth-order valence-electron chi connectivity index (χ4n) is 3.26. The van der Waals surface area contributed by atoms with Gasteiger partial charge in [-0.1, -0.05) is 12.1 Å². The van der Waals surface area contributed by atoms with Crippen LogP contribution in [0.15, 0.2) is 37.1 Å². The number of pyridine rings is 1. The zero-order valence-corrected chi connectivity index (χ0v) is 11.8. The van der Waals surface area contributed by atoms with E-state index >= 15 is 0 Å². The summed E-state index contributed by atoms with van der Waals surface area (Å²) in [5.41, 5.74) is 1.11. The Morgan fingerprint density at radius 3 is 3.20 bits per heavy atom. The van der Waals surface area contributed by atoms with Gasteiger partial charge in [-0.05, 0) is 25.0 Å². The van der Waals surface area contributed by atoms with Crippen molar-refractivity contribution in [2.45, 2.75) is 37.6 Å². The lowest BCUT2D eigenvalue weighted by Gasteiger charge is -2.30. The second-order valence-electron chi connectivity index (χ2n) is 5.43. The van der Waals surface area contributed by atoms with E-state index in [0.717, 1.165) is 38.2 Å². The van der Waals surface area contributed by atoms with Gasteiger partial charge in [0.05, 0.1) is 31.1 Å². The Morgan fingerprint density at radius 1 is 1.45 bits per heavy atom. The average molecular weight is 274 g/mol. The maximum atomic E-state index is 5.96. The number of fused-ring (bicyclic) bond motifs is 2. The van der Waals surface area contributed by atoms with Crippen molar-refractivity contribution in [1.82, 2.24) is 9.88 Å². The number of rotatable bonds is 5. The van der Waals surface area contributed by atoms with Crippen molar-refractivity contribution in [1.29, 1.82) is 0 Å². The molecule has 2 bridgehead atoms. The number of aromatic nitrogens is 1. The summed E-state index contributed by atoms with van der Waals surface area (Å²) in [6.45, 7) is 6.93. The quantitative estimate of drug-likeness (QED) is 0.769. The van der Waals surface area contributed by atoms with Crippen LogP contribution in [-0.4, -0.2) is 47.9 Å². The monoisotopic (exact) mass is 274 g/mol. The third-order valence-corrected chi connectivity index (χ3v) is 4.17. The van der Waals surface area contributed by atoms with Crippen molar-refractivity contribution in [3.05, 3.63) is 42.7 Å². The average Bonchev–Trinajstić information content (AvgIpc) is 2.79. The predicted molar refractivity (Wildman–Crippen MR) is 77.3 cm³/mol. The molecule has 1 aromatic heterocycles. The first kappa shape index (κ1) is 13.7. The van der Waals surface area contributed by atoms with Gasteiger partial charge in [0.2, 0.25) is 0 Å². The SMILES string of the molecule is C=CCO[C@H]1[C@H]2CC[C@H]1OCCN2Cc1ccccn1. The van der Waals surface area contributed by atoms with Gasteiger partial charge in [-0.3, -0.25) is 9.88 Å². The van der Waals surface area contributed by atoms with E-state index < -0.39 is 0 Å². The Bertz CT molecular complexity index is 437. The third-order valence-electron chi connectivity index (χ3n) is 4.17. The lowest BCUT2D eigenvalue weighted by molar-refractivity contribution is -0.0447. The first-order chi connectivity index (χ1) is 9.88.